The second kappa shape index (κ2) is 7.78. The van der Waals surface area contributed by atoms with E-state index in [1.54, 1.807) is 0 Å². The average molecular weight is 292 g/mol. The van der Waals surface area contributed by atoms with Crippen LogP contribution < -0.4 is 10.1 Å². The van der Waals surface area contributed by atoms with Gasteiger partial charge in [-0.3, -0.25) is 0 Å². The highest BCUT2D eigenvalue weighted by Gasteiger charge is 2.15. The van der Waals surface area contributed by atoms with Crippen molar-refractivity contribution in [2.75, 3.05) is 32.7 Å². The third-order valence-corrected chi connectivity index (χ3v) is 3.90. The van der Waals surface area contributed by atoms with Gasteiger partial charge in [0, 0.05) is 32.7 Å². The number of hydrogen-bond donors (Lipinski definition) is 2. The summed E-state index contributed by atoms with van der Waals surface area (Å²) in [6.07, 6.45) is 0.562. The summed E-state index contributed by atoms with van der Waals surface area (Å²) in [6.45, 7) is 11.3. The van der Waals surface area contributed by atoms with Gasteiger partial charge in [0.15, 0.2) is 0 Å². The Morgan fingerprint density at radius 1 is 1.29 bits per heavy atom. The van der Waals surface area contributed by atoms with Crippen molar-refractivity contribution in [3.63, 3.8) is 0 Å². The van der Waals surface area contributed by atoms with Gasteiger partial charge in [-0.15, -0.1) is 0 Å². The minimum atomic E-state index is -0.395. The zero-order valence-corrected chi connectivity index (χ0v) is 13.4. The molecule has 118 valence electrons. The Kier molecular flexibility index (Phi) is 6.03. The van der Waals surface area contributed by atoms with Crippen molar-refractivity contribution in [1.82, 2.24) is 10.2 Å². The van der Waals surface area contributed by atoms with Crippen molar-refractivity contribution >= 4 is 0 Å². The van der Waals surface area contributed by atoms with E-state index in [0.717, 1.165) is 56.0 Å². The summed E-state index contributed by atoms with van der Waals surface area (Å²) in [4.78, 5) is 2.41. The Hall–Kier alpha value is -1.10. The predicted molar refractivity (Wildman–Crippen MR) is 85.8 cm³/mol. The van der Waals surface area contributed by atoms with Crippen molar-refractivity contribution in [3.05, 3.63) is 29.3 Å². The number of benzene rings is 1. The molecule has 4 nitrogen and oxygen atoms in total. The van der Waals surface area contributed by atoms with Gasteiger partial charge < -0.3 is 20.1 Å². The zero-order chi connectivity index (χ0) is 15.2. The molecular formula is C17H28N2O2. The molecule has 2 rings (SSSR count). The van der Waals surface area contributed by atoms with Gasteiger partial charge in [-0.2, -0.15) is 0 Å². The van der Waals surface area contributed by atoms with Crippen LogP contribution in [0.5, 0.6) is 5.75 Å². The van der Waals surface area contributed by atoms with Crippen LogP contribution in [-0.2, 0) is 0 Å². The van der Waals surface area contributed by atoms with E-state index in [9.17, 15) is 5.11 Å². The predicted octanol–water partition coefficient (Wildman–Crippen LogP) is 2.11. The fourth-order valence-electron chi connectivity index (χ4n) is 2.76. The molecular weight excluding hydrogens is 264 g/mol. The summed E-state index contributed by atoms with van der Waals surface area (Å²) < 4.78 is 5.69. The third-order valence-electron chi connectivity index (χ3n) is 3.90. The van der Waals surface area contributed by atoms with Crippen LogP contribution >= 0.6 is 0 Å². The average Bonchev–Trinajstić information content (AvgIpc) is 2.45. The third kappa shape index (κ3) is 4.99. The molecule has 0 bridgehead atoms. The summed E-state index contributed by atoms with van der Waals surface area (Å²) in [7, 11) is 0. The smallest absolute Gasteiger partial charge is 0.119 e. The largest absolute Gasteiger partial charge is 0.491 e. The van der Waals surface area contributed by atoms with E-state index in [1.165, 1.54) is 0 Å². The SMILES string of the molecule is Cc1cc(OC(C)C)ccc1C(O)CCN1CCNCC1. The molecule has 1 aliphatic heterocycles. The quantitative estimate of drug-likeness (QED) is 0.843. The van der Waals surface area contributed by atoms with E-state index in [0.29, 0.717) is 0 Å². The molecule has 0 aromatic heterocycles. The highest BCUT2D eigenvalue weighted by molar-refractivity contribution is 5.36. The van der Waals surface area contributed by atoms with Crippen molar-refractivity contribution in [2.24, 2.45) is 0 Å². The summed E-state index contributed by atoms with van der Waals surface area (Å²) in [5.74, 6) is 0.876. The van der Waals surface area contributed by atoms with Crippen molar-refractivity contribution < 1.29 is 9.84 Å². The second-order valence-electron chi connectivity index (χ2n) is 6.08. The van der Waals surface area contributed by atoms with Gasteiger partial charge in [0.2, 0.25) is 0 Å². The lowest BCUT2D eigenvalue weighted by Crippen LogP contribution is -2.44. The van der Waals surface area contributed by atoms with Gasteiger partial charge in [-0.1, -0.05) is 6.07 Å². The number of piperazine rings is 1. The first-order valence-corrected chi connectivity index (χ1v) is 7.94. The Morgan fingerprint density at radius 2 is 2.00 bits per heavy atom. The van der Waals surface area contributed by atoms with Gasteiger partial charge in [0.05, 0.1) is 12.2 Å². The van der Waals surface area contributed by atoms with Gasteiger partial charge in [-0.05, 0) is 50.5 Å². The molecule has 0 spiro atoms. The first kappa shape index (κ1) is 16.3. The normalized spacial score (nSPS) is 18.0. The van der Waals surface area contributed by atoms with Crippen molar-refractivity contribution in [3.8, 4) is 5.75 Å². The Balaban J connectivity index is 1.90. The van der Waals surface area contributed by atoms with Crippen LogP contribution in [0.25, 0.3) is 0 Å². The van der Waals surface area contributed by atoms with Crippen molar-refractivity contribution in [2.45, 2.75) is 39.4 Å². The molecule has 1 aliphatic rings. The molecule has 0 radical (unpaired) electrons. The minimum absolute atomic E-state index is 0.174. The molecule has 0 aliphatic carbocycles. The number of nitrogens with one attached hydrogen (secondary N) is 1. The molecule has 2 N–H and O–H groups in total. The monoisotopic (exact) mass is 292 g/mol. The molecule has 0 saturated carbocycles. The number of nitrogens with zero attached hydrogens (tertiary/aromatic N) is 1. The lowest BCUT2D eigenvalue weighted by Gasteiger charge is -2.28. The summed E-state index contributed by atoms with van der Waals surface area (Å²) in [5, 5.41) is 13.8. The number of ether oxygens (including phenoxy) is 1. The van der Waals surface area contributed by atoms with E-state index < -0.39 is 6.10 Å². The molecule has 1 aromatic rings. The van der Waals surface area contributed by atoms with E-state index in [-0.39, 0.29) is 6.10 Å². The molecule has 4 heteroatoms. The fourth-order valence-corrected chi connectivity index (χ4v) is 2.76. The van der Waals surface area contributed by atoms with Gasteiger partial charge in [0.1, 0.15) is 5.75 Å². The van der Waals surface area contributed by atoms with Crippen LogP contribution in [0.4, 0.5) is 0 Å². The molecule has 1 heterocycles. The Bertz CT molecular complexity index is 442. The maximum Gasteiger partial charge on any atom is 0.119 e. The van der Waals surface area contributed by atoms with E-state index in [2.05, 4.69) is 10.2 Å². The number of rotatable bonds is 6. The van der Waals surface area contributed by atoms with Gasteiger partial charge in [0.25, 0.3) is 0 Å². The number of aliphatic hydroxyl groups excluding tert-OH is 1. The van der Waals surface area contributed by atoms with Crippen LogP contribution in [0.2, 0.25) is 0 Å². The lowest BCUT2D eigenvalue weighted by atomic mass is 10.0. The van der Waals surface area contributed by atoms with Crippen LogP contribution in [0, 0.1) is 6.92 Å². The van der Waals surface area contributed by atoms with Crippen LogP contribution in [0.15, 0.2) is 18.2 Å². The molecule has 1 aromatic carbocycles. The Labute approximate surface area is 128 Å². The highest BCUT2D eigenvalue weighted by atomic mass is 16.5. The topological polar surface area (TPSA) is 44.7 Å². The number of hydrogen-bond acceptors (Lipinski definition) is 4. The van der Waals surface area contributed by atoms with Crippen LogP contribution in [0.1, 0.15) is 37.5 Å². The van der Waals surface area contributed by atoms with E-state index in [1.807, 2.05) is 39.0 Å². The summed E-state index contributed by atoms with van der Waals surface area (Å²) in [6, 6.07) is 5.97. The van der Waals surface area contributed by atoms with Crippen LogP contribution in [0.3, 0.4) is 0 Å². The van der Waals surface area contributed by atoms with Crippen LogP contribution in [-0.4, -0.2) is 48.8 Å². The molecule has 1 saturated heterocycles. The molecule has 21 heavy (non-hydrogen) atoms. The first-order chi connectivity index (χ1) is 10.1. The highest BCUT2D eigenvalue weighted by Crippen LogP contribution is 2.25. The second-order valence-corrected chi connectivity index (χ2v) is 6.08. The number of aliphatic hydroxyl groups is 1. The van der Waals surface area contributed by atoms with E-state index in [4.69, 9.17) is 4.74 Å². The fraction of sp³-hybridized carbons (Fsp3) is 0.647. The molecule has 0 amide bonds. The maximum atomic E-state index is 10.4. The van der Waals surface area contributed by atoms with Gasteiger partial charge >= 0.3 is 0 Å². The van der Waals surface area contributed by atoms with E-state index >= 15 is 0 Å². The standard InChI is InChI=1S/C17H28N2O2/c1-13(2)21-15-4-5-16(14(3)12-15)17(20)6-9-19-10-7-18-8-11-19/h4-5,12-13,17-18,20H,6-11H2,1-3H3. The number of aryl methyl sites for hydroxylation is 1. The molecule has 1 unspecified atom stereocenters. The lowest BCUT2D eigenvalue weighted by molar-refractivity contribution is 0.136. The molecule has 1 atom stereocenters. The summed E-state index contributed by atoms with van der Waals surface area (Å²) in [5.41, 5.74) is 2.11. The van der Waals surface area contributed by atoms with Crippen molar-refractivity contribution in [1.29, 1.82) is 0 Å². The minimum Gasteiger partial charge on any atom is -0.491 e. The zero-order valence-electron chi connectivity index (χ0n) is 13.4. The van der Waals surface area contributed by atoms with Gasteiger partial charge in [-0.25, -0.2) is 0 Å². The summed E-state index contributed by atoms with van der Waals surface area (Å²) >= 11 is 0. The Morgan fingerprint density at radius 3 is 2.62 bits per heavy atom. The maximum absolute atomic E-state index is 10.4. The first-order valence-electron chi connectivity index (χ1n) is 7.94. The molecule has 1 fully saturated rings.